The highest BCUT2D eigenvalue weighted by Gasteiger charge is 2.61. The molecule has 62 heavy (non-hydrogen) atoms. The predicted molar refractivity (Wildman–Crippen MR) is 198 cm³/mol. The van der Waals surface area contributed by atoms with Gasteiger partial charge in [-0.05, 0) is 14.0 Å². The fourth-order valence-corrected chi connectivity index (χ4v) is 7.95. The molecule has 0 spiro atoms. The average Bonchev–Trinajstić information content (AvgIpc) is 3.46. The van der Waals surface area contributed by atoms with Gasteiger partial charge in [-0.1, -0.05) is 0 Å². The molecule has 358 valence electrons. The normalized spacial score (nSPS) is 49.9. The number of aldehydes is 1. The molecule has 29 nitrogen and oxygen atoms in total. The summed E-state index contributed by atoms with van der Waals surface area (Å²) in [6.45, 7) is -1.16. The number of likely N-dealkylation sites (N-methyl/N-ethyl adjacent to an activating group) is 1. The number of nitrogens with one attached hydrogen (secondary N) is 1. The first kappa shape index (κ1) is 50.3. The zero-order valence-electron chi connectivity index (χ0n) is 33.2. The Balaban J connectivity index is 1.34. The van der Waals surface area contributed by atoms with Crippen LogP contribution < -0.4 is 28.3 Å². The molecule has 5 aliphatic rings. The molecule has 0 aromatic heterocycles. The van der Waals surface area contributed by atoms with Gasteiger partial charge in [-0.25, -0.2) is 9.98 Å². The molecule has 29 heteroatoms. The minimum Gasteiger partial charge on any atom is -0.394 e. The molecular weight excluding hydrogens is 846 g/mol. The fourth-order valence-electron chi connectivity index (χ4n) is 7.95. The van der Waals surface area contributed by atoms with Crippen molar-refractivity contribution in [2.75, 3.05) is 26.9 Å². The van der Waals surface area contributed by atoms with E-state index < -0.39 is 184 Å². The van der Waals surface area contributed by atoms with E-state index in [2.05, 4.69) is 15.3 Å². The van der Waals surface area contributed by atoms with Gasteiger partial charge in [-0.3, -0.25) is 4.79 Å². The molecule has 0 aromatic carbocycles. The maximum atomic E-state index is 12.5. The van der Waals surface area contributed by atoms with Crippen molar-refractivity contribution in [2.24, 2.45) is 32.9 Å². The smallest absolute Gasteiger partial charge is 0.188 e. The number of rotatable bonds is 15. The highest BCUT2D eigenvalue weighted by molar-refractivity contribution is 5.76. The van der Waals surface area contributed by atoms with Crippen molar-refractivity contribution in [3.05, 3.63) is 0 Å². The number of aliphatic hydroxyl groups excluding tert-OH is 12. The molecule has 0 bridgehead atoms. The molecule has 0 unspecified atom stereocenters. The number of carbonyl (C=O) groups excluding carboxylic acids is 1. The molecular formula is C33H59N7O22. The van der Waals surface area contributed by atoms with Crippen LogP contribution in [-0.4, -0.2) is 264 Å². The van der Waals surface area contributed by atoms with Crippen molar-refractivity contribution < 1.29 is 109 Å². The van der Waals surface area contributed by atoms with E-state index >= 15 is 0 Å². The van der Waals surface area contributed by atoms with Gasteiger partial charge in [0, 0.05) is 0 Å². The van der Waals surface area contributed by atoms with E-state index in [1.54, 1.807) is 0 Å². The van der Waals surface area contributed by atoms with Crippen LogP contribution in [0.15, 0.2) is 9.98 Å². The molecule has 22 N–H and O–H groups in total. The molecule has 5 fully saturated rings. The van der Waals surface area contributed by atoms with Crippen molar-refractivity contribution in [3.8, 4) is 0 Å². The summed E-state index contributed by atoms with van der Waals surface area (Å²) in [5.74, 6) is -1.17. The second-order valence-electron chi connectivity index (χ2n) is 15.5. The van der Waals surface area contributed by atoms with Gasteiger partial charge >= 0.3 is 0 Å². The van der Waals surface area contributed by atoms with E-state index in [1.165, 1.54) is 14.0 Å². The first-order valence-electron chi connectivity index (χ1n) is 19.4. The minimum absolute atomic E-state index is 0.0667. The number of nitrogens with zero attached hydrogens (tertiary/aromatic N) is 2. The van der Waals surface area contributed by atoms with Crippen LogP contribution in [0.4, 0.5) is 0 Å². The molecule has 1 saturated carbocycles. The number of aliphatic hydroxyl groups is 13. The largest absolute Gasteiger partial charge is 0.394 e. The summed E-state index contributed by atoms with van der Waals surface area (Å²) in [5, 5.41) is 142. The number of nitrogens with two attached hydrogens (primary N) is 4. The third kappa shape index (κ3) is 9.93. The standard InChI is InChI=1S/C33H59N7O22/c1-7-33(54,6-43)26(30(56-7)61-25-12(40-32(36)37)16(46)11(39-31(34)35)17(47)21(25)51)62-27-13(38-2)18(48)24(9(4-42)58-27)60-29-23(53)20(50)15(45)10(59-29)5-55-28-22(52)19(49)14(44)8(3-41)57-28/h6-30,38,41-42,44-54H,3-5H2,1-2H3,(H4,34,35,39)(H4,36,37,40)/t7-,8+,9+,10-,11+,12-,13-,14+,15-,16+,17+,18-,19+,20+,21+,22+,23-,24-,25+,26-,27+,28-,29+,30-,33+/m1/s1. The lowest BCUT2D eigenvalue weighted by atomic mass is 9.81. The Kier molecular flexibility index (Phi) is 16.8. The second kappa shape index (κ2) is 20.7. The number of hydrogen-bond acceptors (Lipinski definition) is 25. The lowest BCUT2D eigenvalue weighted by Crippen LogP contribution is -2.68. The maximum absolute atomic E-state index is 12.5. The van der Waals surface area contributed by atoms with Crippen LogP contribution in [0, 0.1) is 0 Å². The van der Waals surface area contributed by atoms with Crippen LogP contribution in [-0.2, 0) is 42.7 Å². The summed E-state index contributed by atoms with van der Waals surface area (Å²) in [6.07, 6.45) is -37.0. The van der Waals surface area contributed by atoms with Gasteiger partial charge in [0.05, 0.1) is 32.0 Å². The molecule has 4 saturated heterocycles. The number of guanidine groups is 2. The zero-order chi connectivity index (χ0) is 46.1. The topological polar surface area (TPSA) is 495 Å². The van der Waals surface area contributed by atoms with Crippen molar-refractivity contribution in [1.82, 2.24) is 5.32 Å². The molecule has 4 aliphatic heterocycles. The first-order valence-corrected chi connectivity index (χ1v) is 19.4. The van der Waals surface area contributed by atoms with Gasteiger partial charge in [0.25, 0.3) is 0 Å². The van der Waals surface area contributed by atoms with E-state index in [0.717, 1.165) is 0 Å². The van der Waals surface area contributed by atoms with Gasteiger partial charge in [0.1, 0.15) is 110 Å². The molecule has 0 radical (unpaired) electrons. The Morgan fingerprint density at radius 2 is 1.15 bits per heavy atom. The summed E-state index contributed by atoms with van der Waals surface area (Å²) >= 11 is 0. The third-order valence-corrected chi connectivity index (χ3v) is 11.5. The van der Waals surface area contributed by atoms with Gasteiger partial charge in [-0.2, -0.15) is 0 Å². The predicted octanol–water partition coefficient (Wildman–Crippen LogP) is -12.5. The summed E-state index contributed by atoms with van der Waals surface area (Å²) in [7, 11) is 1.32. The van der Waals surface area contributed by atoms with Gasteiger partial charge in [0.2, 0.25) is 0 Å². The first-order chi connectivity index (χ1) is 29.1. The number of ether oxygens (including phenoxy) is 8. The van der Waals surface area contributed by atoms with Crippen LogP contribution in [0.1, 0.15) is 6.92 Å². The molecule has 0 aromatic rings. The maximum Gasteiger partial charge on any atom is 0.188 e. The lowest BCUT2D eigenvalue weighted by molar-refractivity contribution is -0.363. The summed E-state index contributed by atoms with van der Waals surface area (Å²) in [6, 6.07) is -4.58. The lowest BCUT2D eigenvalue weighted by Gasteiger charge is -2.48. The summed E-state index contributed by atoms with van der Waals surface area (Å²) in [5.41, 5.74) is 19.5. The van der Waals surface area contributed by atoms with Crippen LogP contribution in [0.25, 0.3) is 0 Å². The van der Waals surface area contributed by atoms with Crippen molar-refractivity contribution in [1.29, 1.82) is 0 Å². The van der Waals surface area contributed by atoms with E-state index in [9.17, 15) is 71.2 Å². The highest BCUT2D eigenvalue weighted by Crippen LogP contribution is 2.39. The van der Waals surface area contributed by atoms with Crippen LogP contribution in [0.5, 0.6) is 0 Å². The Morgan fingerprint density at radius 1 is 0.613 bits per heavy atom. The molecule has 25 atom stereocenters. The Bertz CT molecular complexity index is 1540. The Morgan fingerprint density at radius 3 is 1.71 bits per heavy atom. The van der Waals surface area contributed by atoms with Crippen LogP contribution in [0.3, 0.4) is 0 Å². The van der Waals surface area contributed by atoms with Gasteiger partial charge in [0.15, 0.2) is 49.0 Å². The molecule has 0 amide bonds. The monoisotopic (exact) mass is 905 g/mol. The van der Waals surface area contributed by atoms with Crippen LogP contribution in [0.2, 0.25) is 0 Å². The highest BCUT2D eigenvalue weighted by atomic mass is 16.8. The number of carbonyl (C=O) groups is 1. The van der Waals surface area contributed by atoms with Crippen molar-refractivity contribution in [2.45, 2.75) is 160 Å². The SMILES string of the molecule is CN[C@H]1[C@H](O[C@@H]2[C@@H](O[C@@H]3[C@@H](O)[C@@H](O)[C@@H](N=C(N)N)[C@H](O)[C@H]3N=C(N)N)O[C@H](C)[C@@]2(O)C=O)O[C@@H](CO)[C@@H](O[C@@H]2O[C@H](CO[C@@H]3O[C@@H](CO)[C@H](O)[C@H](O)[C@@H]3O)[C@@H](O)[C@H](O)[C@H]2O)[C@@H]1O. The van der Waals surface area contributed by atoms with E-state index in [-0.39, 0.29) is 6.29 Å². The van der Waals surface area contributed by atoms with Gasteiger partial charge in [-0.15, -0.1) is 0 Å². The summed E-state index contributed by atoms with van der Waals surface area (Å²) < 4.78 is 45.9. The van der Waals surface area contributed by atoms with Crippen LogP contribution >= 0.6 is 0 Å². The average molecular weight is 906 g/mol. The minimum atomic E-state index is -2.56. The number of aliphatic imine (C=N–C) groups is 2. The third-order valence-electron chi connectivity index (χ3n) is 11.5. The zero-order valence-corrected chi connectivity index (χ0v) is 33.2. The van der Waals surface area contributed by atoms with E-state index in [0.29, 0.717) is 0 Å². The summed E-state index contributed by atoms with van der Waals surface area (Å²) in [4.78, 5) is 20.1. The fraction of sp³-hybridized carbons (Fsp3) is 0.909. The number of hydrogen-bond donors (Lipinski definition) is 18. The van der Waals surface area contributed by atoms with Crippen molar-refractivity contribution >= 4 is 18.2 Å². The Labute approximate surface area is 351 Å². The molecule has 1 aliphatic carbocycles. The van der Waals surface area contributed by atoms with Gasteiger partial charge < -0.3 is 133 Å². The van der Waals surface area contributed by atoms with Crippen molar-refractivity contribution in [3.63, 3.8) is 0 Å². The molecule has 5 rings (SSSR count). The van der Waals surface area contributed by atoms with E-state index in [1.807, 2.05) is 0 Å². The van der Waals surface area contributed by atoms with E-state index in [4.69, 9.17) is 60.8 Å². The molecule has 4 heterocycles. The quantitative estimate of drug-likeness (QED) is 0.0412. The Hall–Kier alpha value is -2.67. The second-order valence-corrected chi connectivity index (χ2v) is 15.5.